The van der Waals surface area contributed by atoms with E-state index in [0.717, 1.165) is 13.0 Å². The van der Waals surface area contributed by atoms with Crippen LogP contribution in [-0.4, -0.2) is 38.3 Å². The number of amides is 1. The maximum Gasteiger partial charge on any atom is 0.250 e. The average Bonchev–Trinajstić information content (AvgIpc) is 2.25. The molecule has 0 spiro atoms. The van der Waals surface area contributed by atoms with Gasteiger partial charge in [-0.2, -0.15) is 0 Å². The highest BCUT2D eigenvalue weighted by molar-refractivity contribution is 5.81. The maximum absolute atomic E-state index is 11.5. The number of nitrogens with one attached hydrogen (secondary N) is 2. The van der Waals surface area contributed by atoms with Crippen LogP contribution >= 0.6 is 0 Å². The number of carbonyl (C=O) groups is 1. The van der Waals surface area contributed by atoms with E-state index in [4.69, 9.17) is 4.74 Å². The molecule has 1 amide bonds. The summed E-state index contributed by atoms with van der Waals surface area (Å²) >= 11 is 0. The minimum atomic E-state index is -0.311. The molecule has 0 aromatic rings. The molecule has 4 heteroatoms. The second-order valence-corrected chi connectivity index (χ2v) is 3.21. The van der Waals surface area contributed by atoms with Crippen molar-refractivity contribution in [3.05, 3.63) is 12.2 Å². The van der Waals surface area contributed by atoms with Gasteiger partial charge in [-0.25, -0.2) is 0 Å². The second-order valence-electron chi connectivity index (χ2n) is 3.21. The van der Waals surface area contributed by atoms with E-state index in [2.05, 4.69) is 10.6 Å². The number of hydrogen-bond acceptors (Lipinski definition) is 3. The Bertz CT molecular complexity index is 198. The molecule has 0 aromatic carbocycles. The Morgan fingerprint density at radius 3 is 3.21 bits per heavy atom. The van der Waals surface area contributed by atoms with Crippen LogP contribution in [0.25, 0.3) is 0 Å². The van der Waals surface area contributed by atoms with E-state index in [1.807, 2.05) is 19.1 Å². The molecule has 2 N–H and O–H groups in total. The fourth-order valence-electron chi connectivity index (χ4n) is 1.29. The molecular formula is C10H18N2O2. The predicted molar refractivity (Wildman–Crippen MR) is 55.1 cm³/mol. The first-order valence-electron chi connectivity index (χ1n) is 5.06. The van der Waals surface area contributed by atoms with Crippen molar-refractivity contribution in [2.45, 2.75) is 19.4 Å². The standard InChI is InChI=1S/C10H18N2O2/c1-2-3-4-5-12-10(13)9-8-11-6-7-14-9/h2-3,9,11H,4-8H2,1H3,(H,12,13)/b3-2+. The highest BCUT2D eigenvalue weighted by atomic mass is 16.5. The third-order valence-corrected chi connectivity index (χ3v) is 2.07. The molecule has 1 atom stereocenters. The number of allylic oxidation sites excluding steroid dienone is 1. The SMILES string of the molecule is C/C=C/CCNC(=O)C1CNCCO1. The average molecular weight is 198 g/mol. The van der Waals surface area contributed by atoms with Crippen LogP contribution in [0.2, 0.25) is 0 Å². The van der Waals surface area contributed by atoms with Crippen LogP contribution in [-0.2, 0) is 9.53 Å². The number of morpholine rings is 1. The van der Waals surface area contributed by atoms with Crippen LogP contribution in [0.3, 0.4) is 0 Å². The lowest BCUT2D eigenvalue weighted by atomic mass is 10.3. The van der Waals surface area contributed by atoms with E-state index < -0.39 is 0 Å². The van der Waals surface area contributed by atoms with E-state index in [1.54, 1.807) is 0 Å². The second kappa shape index (κ2) is 6.56. The highest BCUT2D eigenvalue weighted by Gasteiger charge is 2.20. The van der Waals surface area contributed by atoms with Crippen molar-refractivity contribution in [1.29, 1.82) is 0 Å². The van der Waals surface area contributed by atoms with Gasteiger partial charge in [0.05, 0.1) is 6.61 Å². The van der Waals surface area contributed by atoms with E-state index in [9.17, 15) is 4.79 Å². The van der Waals surface area contributed by atoms with Crippen molar-refractivity contribution >= 4 is 5.91 Å². The molecule has 0 radical (unpaired) electrons. The topological polar surface area (TPSA) is 50.4 Å². The Morgan fingerprint density at radius 1 is 1.71 bits per heavy atom. The Kier molecular flexibility index (Phi) is 5.25. The predicted octanol–water partition coefficient (Wildman–Crippen LogP) is 0.0572. The first-order valence-corrected chi connectivity index (χ1v) is 5.06. The minimum Gasteiger partial charge on any atom is -0.366 e. The molecule has 1 rings (SSSR count). The number of hydrogen-bond donors (Lipinski definition) is 2. The van der Waals surface area contributed by atoms with Gasteiger partial charge in [0.1, 0.15) is 6.10 Å². The summed E-state index contributed by atoms with van der Waals surface area (Å²) in [6.45, 7) is 4.73. The van der Waals surface area contributed by atoms with Crippen LogP contribution in [0.1, 0.15) is 13.3 Å². The summed E-state index contributed by atoms with van der Waals surface area (Å²) in [4.78, 5) is 11.5. The third kappa shape index (κ3) is 3.89. The Morgan fingerprint density at radius 2 is 2.57 bits per heavy atom. The Balaban J connectivity index is 2.13. The molecule has 1 aliphatic heterocycles. The highest BCUT2D eigenvalue weighted by Crippen LogP contribution is 1.95. The summed E-state index contributed by atoms with van der Waals surface area (Å²) in [5, 5.41) is 5.95. The van der Waals surface area contributed by atoms with E-state index >= 15 is 0 Å². The molecule has 1 fully saturated rings. The molecule has 1 aliphatic rings. The quantitative estimate of drug-likeness (QED) is 0.496. The first kappa shape index (κ1) is 11.2. The number of carbonyl (C=O) groups excluding carboxylic acids is 1. The van der Waals surface area contributed by atoms with Gasteiger partial charge in [0.25, 0.3) is 0 Å². The summed E-state index contributed by atoms with van der Waals surface area (Å²) in [6.07, 6.45) is 4.57. The van der Waals surface area contributed by atoms with Gasteiger partial charge < -0.3 is 15.4 Å². The lowest BCUT2D eigenvalue weighted by Crippen LogP contribution is -2.47. The van der Waals surface area contributed by atoms with E-state index in [1.165, 1.54) is 0 Å². The third-order valence-electron chi connectivity index (χ3n) is 2.07. The smallest absolute Gasteiger partial charge is 0.250 e. The van der Waals surface area contributed by atoms with Crippen molar-refractivity contribution < 1.29 is 9.53 Å². The molecule has 1 heterocycles. The van der Waals surface area contributed by atoms with E-state index in [-0.39, 0.29) is 12.0 Å². The van der Waals surface area contributed by atoms with Crippen molar-refractivity contribution in [2.24, 2.45) is 0 Å². The van der Waals surface area contributed by atoms with Crippen LogP contribution in [0.15, 0.2) is 12.2 Å². The zero-order valence-corrected chi connectivity index (χ0v) is 8.58. The monoisotopic (exact) mass is 198 g/mol. The number of rotatable bonds is 4. The molecular weight excluding hydrogens is 180 g/mol. The van der Waals surface area contributed by atoms with Gasteiger partial charge in [0.15, 0.2) is 0 Å². The van der Waals surface area contributed by atoms with Crippen LogP contribution in [0, 0.1) is 0 Å². The first-order chi connectivity index (χ1) is 6.84. The minimum absolute atomic E-state index is 0.0123. The van der Waals surface area contributed by atoms with Crippen molar-refractivity contribution in [3.8, 4) is 0 Å². The molecule has 80 valence electrons. The maximum atomic E-state index is 11.5. The van der Waals surface area contributed by atoms with E-state index in [0.29, 0.717) is 19.7 Å². The van der Waals surface area contributed by atoms with Gasteiger partial charge in [-0.15, -0.1) is 0 Å². The summed E-state index contributed by atoms with van der Waals surface area (Å²) in [5.74, 6) is -0.0123. The van der Waals surface area contributed by atoms with Gasteiger partial charge in [0.2, 0.25) is 5.91 Å². The van der Waals surface area contributed by atoms with Gasteiger partial charge >= 0.3 is 0 Å². The molecule has 0 bridgehead atoms. The largest absolute Gasteiger partial charge is 0.366 e. The van der Waals surface area contributed by atoms with Crippen molar-refractivity contribution in [2.75, 3.05) is 26.2 Å². The fraction of sp³-hybridized carbons (Fsp3) is 0.700. The molecule has 0 saturated carbocycles. The Labute approximate surface area is 84.7 Å². The zero-order chi connectivity index (χ0) is 10.2. The molecule has 1 unspecified atom stereocenters. The molecule has 14 heavy (non-hydrogen) atoms. The van der Waals surface area contributed by atoms with Crippen molar-refractivity contribution in [3.63, 3.8) is 0 Å². The lowest BCUT2D eigenvalue weighted by molar-refractivity contribution is -0.134. The molecule has 1 saturated heterocycles. The van der Waals surface area contributed by atoms with Crippen molar-refractivity contribution in [1.82, 2.24) is 10.6 Å². The van der Waals surface area contributed by atoms with Gasteiger partial charge in [0, 0.05) is 19.6 Å². The summed E-state index contributed by atoms with van der Waals surface area (Å²) < 4.78 is 5.30. The van der Waals surface area contributed by atoms with Crippen LogP contribution in [0.5, 0.6) is 0 Å². The lowest BCUT2D eigenvalue weighted by Gasteiger charge is -2.22. The summed E-state index contributed by atoms with van der Waals surface area (Å²) in [5.41, 5.74) is 0. The summed E-state index contributed by atoms with van der Waals surface area (Å²) in [6, 6.07) is 0. The molecule has 0 aromatic heterocycles. The van der Waals surface area contributed by atoms with Gasteiger partial charge in [-0.3, -0.25) is 4.79 Å². The van der Waals surface area contributed by atoms with Gasteiger partial charge in [-0.1, -0.05) is 12.2 Å². The number of ether oxygens (including phenoxy) is 1. The normalized spacial score (nSPS) is 22.5. The zero-order valence-electron chi connectivity index (χ0n) is 8.58. The molecule has 0 aliphatic carbocycles. The fourth-order valence-corrected chi connectivity index (χ4v) is 1.29. The van der Waals surface area contributed by atoms with Crippen LogP contribution < -0.4 is 10.6 Å². The molecule has 4 nitrogen and oxygen atoms in total. The summed E-state index contributed by atoms with van der Waals surface area (Å²) in [7, 11) is 0. The Hall–Kier alpha value is -0.870. The van der Waals surface area contributed by atoms with Crippen LogP contribution in [0.4, 0.5) is 0 Å². The van der Waals surface area contributed by atoms with Gasteiger partial charge in [-0.05, 0) is 13.3 Å².